The van der Waals surface area contributed by atoms with Gasteiger partial charge in [0.1, 0.15) is 0 Å². The molecule has 0 aromatic carbocycles. The van der Waals surface area contributed by atoms with Crippen LogP contribution in [0, 0.1) is 0 Å². The van der Waals surface area contributed by atoms with E-state index in [4.69, 9.17) is 10.2 Å². The minimum absolute atomic E-state index is 0.706. The summed E-state index contributed by atoms with van der Waals surface area (Å²) in [4.78, 5) is 2.21. The van der Waals surface area contributed by atoms with Gasteiger partial charge in [0.05, 0.1) is 31.0 Å². The summed E-state index contributed by atoms with van der Waals surface area (Å²) in [5.74, 6) is 0. The average Bonchev–Trinajstić information content (AvgIpc) is 2.87. The van der Waals surface area contributed by atoms with E-state index in [9.17, 15) is 0 Å². The van der Waals surface area contributed by atoms with E-state index in [2.05, 4.69) is 17.0 Å². The predicted octanol–water partition coefficient (Wildman–Crippen LogP) is 1.19. The Balaban J connectivity index is 1.77. The normalized spacial score (nSPS) is 11.1. The van der Waals surface area contributed by atoms with Crippen molar-refractivity contribution in [3.05, 3.63) is 36.5 Å². The number of hydrogen-bond donors (Lipinski definition) is 1. The lowest BCUT2D eigenvalue weighted by molar-refractivity contribution is 0.304. The third-order valence-electron chi connectivity index (χ3n) is 2.40. The molecule has 0 fully saturated rings. The number of furan rings is 1. The summed E-state index contributed by atoms with van der Waals surface area (Å²) in [6.45, 7) is 2.64. The van der Waals surface area contributed by atoms with Gasteiger partial charge in [0, 0.05) is 24.8 Å². The smallest absolute Gasteiger partial charge is 0.0947 e. The molecule has 2 rings (SSSR count). The number of nitrogens with two attached hydrogens (primary N) is 1. The number of rotatable bonds is 5. The zero-order valence-corrected chi connectivity index (χ0v) is 9.34. The lowest BCUT2D eigenvalue weighted by Gasteiger charge is -2.15. The van der Waals surface area contributed by atoms with E-state index in [0.717, 1.165) is 19.6 Å². The predicted molar refractivity (Wildman–Crippen MR) is 61.7 cm³/mol. The van der Waals surface area contributed by atoms with Gasteiger partial charge in [-0.1, -0.05) is 0 Å². The highest BCUT2D eigenvalue weighted by Crippen LogP contribution is 2.04. The number of aromatic nitrogens is 2. The van der Waals surface area contributed by atoms with Gasteiger partial charge in [0.15, 0.2) is 0 Å². The molecule has 5 heteroatoms. The van der Waals surface area contributed by atoms with Crippen molar-refractivity contribution in [1.29, 1.82) is 0 Å². The van der Waals surface area contributed by atoms with Crippen LogP contribution in [0.1, 0.15) is 5.56 Å². The second-order valence-corrected chi connectivity index (χ2v) is 3.91. The Morgan fingerprint density at radius 2 is 2.44 bits per heavy atom. The van der Waals surface area contributed by atoms with Crippen molar-refractivity contribution in [2.24, 2.45) is 0 Å². The molecule has 0 unspecified atom stereocenters. The van der Waals surface area contributed by atoms with Gasteiger partial charge in [-0.3, -0.25) is 4.68 Å². The van der Waals surface area contributed by atoms with Crippen LogP contribution >= 0.6 is 0 Å². The minimum Gasteiger partial charge on any atom is -0.472 e. The summed E-state index contributed by atoms with van der Waals surface area (Å²) >= 11 is 0. The molecule has 0 aliphatic rings. The molecule has 0 aliphatic carbocycles. The molecule has 5 nitrogen and oxygen atoms in total. The fourth-order valence-electron chi connectivity index (χ4n) is 1.55. The van der Waals surface area contributed by atoms with Crippen LogP contribution in [0.15, 0.2) is 35.4 Å². The zero-order chi connectivity index (χ0) is 11.4. The zero-order valence-electron chi connectivity index (χ0n) is 9.34. The first kappa shape index (κ1) is 10.8. The fourth-order valence-corrected chi connectivity index (χ4v) is 1.55. The van der Waals surface area contributed by atoms with E-state index in [1.54, 1.807) is 18.7 Å². The van der Waals surface area contributed by atoms with Crippen LogP contribution in [-0.2, 0) is 13.1 Å². The van der Waals surface area contributed by atoms with Gasteiger partial charge in [-0.2, -0.15) is 5.10 Å². The van der Waals surface area contributed by atoms with Crippen LogP contribution in [0.25, 0.3) is 0 Å². The van der Waals surface area contributed by atoms with Crippen LogP contribution in [0.4, 0.5) is 5.69 Å². The molecule has 0 saturated heterocycles. The highest BCUT2D eigenvalue weighted by Gasteiger charge is 2.02. The Labute approximate surface area is 94.4 Å². The molecule has 2 heterocycles. The molecule has 2 aromatic heterocycles. The van der Waals surface area contributed by atoms with Crippen LogP contribution in [-0.4, -0.2) is 28.3 Å². The van der Waals surface area contributed by atoms with E-state index in [-0.39, 0.29) is 0 Å². The lowest BCUT2D eigenvalue weighted by Crippen LogP contribution is -2.22. The van der Waals surface area contributed by atoms with Gasteiger partial charge in [0.2, 0.25) is 0 Å². The second kappa shape index (κ2) is 4.85. The SMILES string of the molecule is CN(CCn1cc(N)cn1)Cc1ccoc1. The minimum atomic E-state index is 0.706. The molecule has 0 spiro atoms. The van der Waals surface area contributed by atoms with Crippen molar-refractivity contribution in [3.63, 3.8) is 0 Å². The molecule has 0 aliphatic heterocycles. The van der Waals surface area contributed by atoms with Crippen molar-refractivity contribution in [2.75, 3.05) is 19.3 Å². The molecule has 0 amide bonds. The molecular formula is C11H16N4O. The Kier molecular flexibility index (Phi) is 3.26. The van der Waals surface area contributed by atoms with E-state index < -0.39 is 0 Å². The van der Waals surface area contributed by atoms with Crippen molar-refractivity contribution >= 4 is 5.69 Å². The Morgan fingerprint density at radius 3 is 3.06 bits per heavy atom. The summed E-state index contributed by atoms with van der Waals surface area (Å²) < 4.78 is 6.87. The topological polar surface area (TPSA) is 60.2 Å². The number of nitrogen functional groups attached to an aromatic ring is 1. The van der Waals surface area contributed by atoms with Crippen LogP contribution in [0.3, 0.4) is 0 Å². The van der Waals surface area contributed by atoms with Gasteiger partial charge in [0.25, 0.3) is 0 Å². The van der Waals surface area contributed by atoms with Gasteiger partial charge in [-0.25, -0.2) is 0 Å². The number of nitrogens with zero attached hydrogens (tertiary/aromatic N) is 3. The second-order valence-electron chi connectivity index (χ2n) is 3.91. The van der Waals surface area contributed by atoms with Crippen LogP contribution in [0.2, 0.25) is 0 Å². The molecule has 0 saturated carbocycles. The number of anilines is 1. The Bertz CT molecular complexity index is 421. The summed E-state index contributed by atoms with van der Waals surface area (Å²) in [6, 6.07) is 1.97. The van der Waals surface area contributed by atoms with Crippen molar-refractivity contribution < 1.29 is 4.42 Å². The largest absolute Gasteiger partial charge is 0.472 e. The molecule has 2 aromatic rings. The first-order valence-corrected chi connectivity index (χ1v) is 5.21. The van der Waals surface area contributed by atoms with Gasteiger partial charge < -0.3 is 15.1 Å². The summed E-state index contributed by atoms with van der Waals surface area (Å²) in [7, 11) is 2.07. The molecule has 16 heavy (non-hydrogen) atoms. The van der Waals surface area contributed by atoms with Gasteiger partial charge in [-0.05, 0) is 13.1 Å². The summed E-state index contributed by atoms with van der Waals surface area (Å²) in [5, 5.41) is 4.13. The lowest BCUT2D eigenvalue weighted by atomic mass is 10.3. The van der Waals surface area contributed by atoms with E-state index in [0.29, 0.717) is 5.69 Å². The van der Waals surface area contributed by atoms with Gasteiger partial charge >= 0.3 is 0 Å². The first-order chi connectivity index (χ1) is 7.74. The maximum Gasteiger partial charge on any atom is 0.0947 e. The number of likely N-dealkylation sites (N-methyl/N-ethyl adjacent to an activating group) is 1. The van der Waals surface area contributed by atoms with Crippen molar-refractivity contribution in [2.45, 2.75) is 13.1 Å². The van der Waals surface area contributed by atoms with E-state index in [1.165, 1.54) is 5.56 Å². The molecule has 0 bridgehead atoms. The maximum atomic E-state index is 5.59. The van der Waals surface area contributed by atoms with Crippen molar-refractivity contribution in [3.8, 4) is 0 Å². The number of hydrogen-bond acceptors (Lipinski definition) is 4. The summed E-state index contributed by atoms with van der Waals surface area (Å²) in [6.07, 6.45) is 6.96. The van der Waals surface area contributed by atoms with Gasteiger partial charge in [-0.15, -0.1) is 0 Å². The molecule has 2 N–H and O–H groups in total. The highest BCUT2D eigenvalue weighted by molar-refractivity contribution is 5.30. The quantitative estimate of drug-likeness (QED) is 0.822. The maximum absolute atomic E-state index is 5.59. The monoisotopic (exact) mass is 220 g/mol. The first-order valence-electron chi connectivity index (χ1n) is 5.21. The Hall–Kier alpha value is -1.75. The fraction of sp³-hybridized carbons (Fsp3) is 0.364. The highest BCUT2D eigenvalue weighted by atomic mass is 16.3. The third kappa shape index (κ3) is 2.87. The molecule has 86 valence electrons. The summed E-state index contributed by atoms with van der Waals surface area (Å²) in [5.41, 5.74) is 7.47. The van der Waals surface area contributed by atoms with E-state index >= 15 is 0 Å². The molecule has 0 radical (unpaired) electrons. The third-order valence-corrected chi connectivity index (χ3v) is 2.40. The van der Waals surface area contributed by atoms with Crippen molar-refractivity contribution in [1.82, 2.24) is 14.7 Å². The van der Waals surface area contributed by atoms with E-state index in [1.807, 2.05) is 16.9 Å². The standard InChI is InChI=1S/C11H16N4O/c1-14(7-10-2-5-16-9-10)3-4-15-8-11(12)6-13-15/h2,5-6,8-9H,3-4,7,12H2,1H3. The molecule has 0 atom stereocenters. The Morgan fingerprint density at radius 1 is 1.56 bits per heavy atom. The van der Waals surface area contributed by atoms with Crippen LogP contribution in [0.5, 0.6) is 0 Å². The molecular weight excluding hydrogens is 204 g/mol. The average molecular weight is 220 g/mol. The van der Waals surface area contributed by atoms with Crippen LogP contribution < -0.4 is 5.73 Å².